The molecule has 1 aromatic rings. The highest BCUT2D eigenvalue weighted by Gasteiger charge is 2.14. The molecule has 1 aromatic heterocycles. The van der Waals surface area contributed by atoms with E-state index in [2.05, 4.69) is 17.3 Å². The molecule has 0 aliphatic heterocycles. The molecule has 0 fully saturated rings. The molecule has 0 spiro atoms. The van der Waals surface area contributed by atoms with Crippen LogP contribution in [0, 0.1) is 6.92 Å². The highest BCUT2D eigenvalue weighted by atomic mass is 19.3. The Balaban J connectivity index is 2.35. The third-order valence-corrected chi connectivity index (χ3v) is 2.87. The summed E-state index contributed by atoms with van der Waals surface area (Å²) in [7, 11) is 0. The molecule has 0 radical (unpaired) electrons. The van der Waals surface area contributed by atoms with Crippen LogP contribution in [-0.2, 0) is 11.3 Å². The van der Waals surface area contributed by atoms with E-state index >= 15 is 0 Å². The van der Waals surface area contributed by atoms with E-state index in [9.17, 15) is 13.6 Å². The Kier molecular flexibility index (Phi) is 6.45. The average Bonchev–Trinajstić information content (AvgIpc) is 2.71. The van der Waals surface area contributed by atoms with Crippen LogP contribution in [0.5, 0.6) is 0 Å². The van der Waals surface area contributed by atoms with Gasteiger partial charge < -0.3 is 5.32 Å². The topological polar surface area (TPSA) is 46.9 Å². The number of unbranched alkanes of at least 4 members (excludes halogenated alkanes) is 3. The number of nitrogens with zero attached hydrogens (tertiary/aromatic N) is 2. The van der Waals surface area contributed by atoms with E-state index in [-0.39, 0.29) is 18.1 Å². The summed E-state index contributed by atoms with van der Waals surface area (Å²) in [6, 6.07) is 1.30. The number of carbonyl (C=O) groups is 1. The zero-order chi connectivity index (χ0) is 14.3. The van der Waals surface area contributed by atoms with Crippen LogP contribution in [0.25, 0.3) is 0 Å². The Bertz CT molecular complexity index is 405. The molecule has 19 heavy (non-hydrogen) atoms. The summed E-state index contributed by atoms with van der Waals surface area (Å²) in [4.78, 5) is 11.6. The maximum Gasteiger partial charge on any atom is 0.282 e. The minimum atomic E-state index is -2.60. The van der Waals surface area contributed by atoms with Crippen molar-refractivity contribution < 1.29 is 13.6 Å². The lowest BCUT2D eigenvalue weighted by atomic mass is 10.2. The summed E-state index contributed by atoms with van der Waals surface area (Å²) in [5.41, 5.74) is 0.282. The highest BCUT2D eigenvalue weighted by Crippen LogP contribution is 2.17. The SMILES string of the molecule is CCCCCCNC(=O)Cn1nc(C(F)F)cc1C. The molecular weight excluding hydrogens is 252 g/mol. The lowest BCUT2D eigenvalue weighted by Gasteiger charge is -2.06. The van der Waals surface area contributed by atoms with Crippen LogP contribution in [-0.4, -0.2) is 22.2 Å². The zero-order valence-electron chi connectivity index (χ0n) is 11.5. The molecule has 0 atom stereocenters. The zero-order valence-corrected chi connectivity index (χ0v) is 11.5. The molecule has 1 N–H and O–H groups in total. The van der Waals surface area contributed by atoms with Gasteiger partial charge in [-0.15, -0.1) is 0 Å². The molecule has 0 saturated heterocycles. The Morgan fingerprint density at radius 3 is 2.74 bits per heavy atom. The Morgan fingerprint density at radius 1 is 1.42 bits per heavy atom. The van der Waals surface area contributed by atoms with Crippen LogP contribution in [0.3, 0.4) is 0 Å². The van der Waals surface area contributed by atoms with Gasteiger partial charge in [0.05, 0.1) is 0 Å². The van der Waals surface area contributed by atoms with Crippen molar-refractivity contribution in [3.63, 3.8) is 0 Å². The first kappa shape index (κ1) is 15.6. The van der Waals surface area contributed by atoms with Crippen LogP contribution in [0.2, 0.25) is 0 Å². The van der Waals surface area contributed by atoms with Gasteiger partial charge >= 0.3 is 0 Å². The Hall–Kier alpha value is -1.46. The second-order valence-electron chi connectivity index (χ2n) is 4.58. The van der Waals surface area contributed by atoms with Gasteiger partial charge in [0.2, 0.25) is 5.91 Å². The molecule has 1 amide bonds. The Labute approximate surface area is 112 Å². The number of aromatic nitrogens is 2. The van der Waals surface area contributed by atoms with Crippen LogP contribution < -0.4 is 5.32 Å². The number of halogens is 2. The van der Waals surface area contributed by atoms with Crippen molar-refractivity contribution in [1.82, 2.24) is 15.1 Å². The van der Waals surface area contributed by atoms with Gasteiger partial charge in [-0.25, -0.2) is 8.78 Å². The molecule has 108 valence electrons. The smallest absolute Gasteiger partial charge is 0.282 e. The fourth-order valence-electron chi connectivity index (χ4n) is 1.77. The van der Waals surface area contributed by atoms with E-state index in [0.717, 1.165) is 25.7 Å². The Morgan fingerprint density at radius 2 is 2.16 bits per heavy atom. The minimum absolute atomic E-state index is 0.00761. The first-order valence-corrected chi connectivity index (χ1v) is 6.63. The number of nitrogens with one attached hydrogen (secondary N) is 1. The normalized spacial score (nSPS) is 11.0. The van der Waals surface area contributed by atoms with Crippen LogP contribution in [0.15, 0.2) is 6.07 Å². The van der Waals surface area contributed by atoms with Gasteiger partial charge in [0.15, 0.2) is 0 Å². The molecule has 0 saturated carbocycles. The lowest BCUT2D eigenvalue weighted by Crippen LogP contribution is -2.29. The molecule has 6 heteroatoms. The summed E-state index contributed by atoms with van der Waals surface area (Å²) < 4.78 is 26.2. The maximum atomic E-state index is 12.4. The predicted molar refractivity (Wildman–Crippen MR) is 69.1 cm³/mol. The van der Waals surface area contributed by atoms with Crippen LogP contribution in [0.4, 0.5) is 8.78 Å². The van der Waals surface area contributed by atoms with Crippen molar-refractivity contribution in [2.24, 2.45) is 0 Å². The highest BCUT2D eigenvalue weighted by molar-refractivity contribution is 5.75. The van der Waals surface area contributed by atoms with Gasteiger partial charge in [-0.3, -0.25) is 9.48 Å². The van der Waals surface area contributed by atoms with E-state index < -0.39 is 6.43 Å². The molecule has 1 heterocycles. The third kappa shape index (κ3) is 5.36. The summed E-state index contributed by atoms with van der Waals surface area (Å²) in [5, 5.41) is 6.48. The molecule has 0 aliphatic carbocycles. The molecule has 0 aromatic carbocycles. The summed E-state index contributed by atoms with van der Waals surface area (Å²) >= 11 is 0. The second kappa shape index (κ2) is 7.86. The van der Waals surface area contributed by atoms with Gasteiger partial charge in [0.1, 0.15) is 12.2 Å². The number of aryl methyl sites for hydroxylation is 1. The number of alkyl halides is 2. The average molecular weight is 273 g/mol. The fraction of sp³-hybridized carbons (Fsp3) is 0.692. The first-order chi connectivity index (χ1) is 9.04. The quantitative estimate of drug-likeness (QED) is 0.740. The molecule has 0 bridgehead atoms. The van der Waals surface area contributed by atoms with Gasteiger partial charge in [0.25, 0.3) is 6.43 Å². The fourth-order valence-corrected chi connectivity index (χ4v) is 1.77. The van der Waals surface area contributed by atoms with Gasteiger partial charge in [0, 0.05) is 12.2 Å². The van der Waals surface area contributed by atoms with Gasteiger partial charge in [-0.1, -0.05) is 26.2 Å². The van der Waals surface area contributed by atoms with E-state index in [1.807, 2.05) is 0 Å². The number of carbonyl (C=O) groups excluding carboxylic acids is 1. The van der Waals surface area contributed by atoms with Crippen molar-refractivity contribution >= 4 is 5.91 Å². The van der Waals surface area contributed by atoms with E-state index in [4.69, 9.17) is 0 Å². The second-order valence-corrected chi connectivity index (χ2v) is 4.58. The summed E-state index contributed by atoms with van der Waals surface area (Å²) in [5.74, 6) is -0.191. The van der Waals surface area contributed by atoms with Crippen molar-refractivity contribution in [3.8, 4) is 0 Å². The van der Waals surface area contributed by atoms with E-state index in [0.29, 0.717) is 12.2 Å². The van der Waals surface area contributed by atoms with Crippen LogP contribution in [0.1, 0.15) is 50.4 Å². The number of rotatable bonds is 8. The van der Waals surface area contributed by atoms with Gasteiger partial charge in [-0.2, -0.15) is 5.10 Å². The first-order valence-electron chi connectivity index (χ1n) is 6.63. The number of hydrogen-bond acceptors (Lipinski definition) is 2. The van der Waals surface area contributed by atoms with Crippen LogP contribution >= 0.6 is 0 Å². The van der Waals surface area contributed by atoms with Crippen molar-refractivity contribution in [3.05, 3.63) is 17.5 Å². The molecular formula is C13H21F2N3O. The van der Waals surface area contributed by atoms with E-state index in [1.54, 1.807) is 6.92 Å². The standard InChI is InChI=1S/C13H21F2N3O/c1-3-4-5-6-7-16-12(19)9-18-10(2)8-11(17-18)13(14)15/h8,13H,3-7,9H2,1-2H3,(H,16,19). The van der Waals surface area contributed by atoms with Crippen molar-refractivity contribution in [2.45, 2.75) is 52.5 Å². The monoisotopic (exact) mass is 273 g/mol. The maximum absolute atomic E-state index is 12.4. The molecule has 4 nitrogen and oxygen atoms in total. The van der Waals surface area contributed by atoms with Gasteiger partial charge in [-0.05, 0) is 19.4 Å². The van der Waals surface area contributed by atoms with Crippen molar-refractivity contribution in [1.29, 1.82) is 0 Å². The summed E-state index contributed by atoms with van der Waals surface area (Å²) in [6.07, 6.45) is 1.74. The van der Waals surface area contributed by atoms with E-state index in [1.165, 1.54) is 10.7 Å². The molecule has 0 aliphatic rings. The number of hydrogen-bond donors (Lipinski definition) is 1. The lowest BCUT2D eigenvalue weighted by molar-refractivity contribution is -0.121. The molecule has 1 rings (SSSR count). The predicted octanol–water partition coefficient (Wildman–Crippen LogP) is 2.83. The minimum Gasteiger partial charge on any atom is -0.354 e. The molecule has 0 unspecified atom stereocenters. The largest absolute Gasteiger partial charge is 0.354 e. The number of amides is 1. The van der Waals surface area contributed by atoms with Crippen molar-refractivity contribution in [2.75, 3.05) is 6.54 Å². The summed E-state index contributed by atoms with van der Waals surface area (Å²) in [6.45, 7) is 4.40. The third-order valence-electron chi connectivity index (χ3n) is 2.87.